The van der Waals surface area contributed by atoms with E-state index in [0.717, 1.165) is 30.7 Å². The van der Waals surface area contributed by atoms with Gasteiger partial charge in [0.2, 0.25) is 10.0 Å². The van der Waals surface area contributed by atoms with E-state index in [0.29, 0.717) is 11.4 Å². The predicted octanol–water partition coefficient (Wildman–Crippen LogP) is 3.54. The Hall–Kier alpha value is -2.93. The van der Waals surface area contributed by atoms with Crippen LogP contribution in [0.25, 0.3) is 11.3 Å². The topological polar surface area (TPSA) is 75.2 Å². The molecular formula is C20H22N4O2S. The molecular weight excluding hydrogens is 360 g/mol. The Morgan fingerprint density at radius 1 is 0.963 bits per heavy atom. The van der Waals surface area contributed by atoms with E-state index < -0.39 is 10.0 Å². The molecule has 140 valence electrons. The number of nitrogens with zero attached hydrogens (tertiary/aromatic N) is 3. The molecule has 0 radical (unpaired) electrons. The lowest BCUT2D eigenvalue weighted by Crippen LogP contribution is -2.23. The van der Waals surface area contributed by atoms with Crippen LogP contribution in [0.3, 0.4) is 0 Å². The van der Waals surface area contributed by atoms with Crippen LogP contribution < -0.4 is 9.62 Å². The smallest absolute Gasteiger partial charge is 0.229 e. The molecule has 0 saturated heterocycles. The number of aromatic nitrogens is 2. The summed E-state index contributed by atoms with van der Waals surface area (Å²) in [6.07, 6.45) is 1.13. The van der Waals surface area contributed by atoms with Crippen molar-refractivity contribution >= 4 is 21.5 Å². The van der Waals surface area contributed by atoms with E-state index >= 15 is 0 Å². The molecule has 0 spiro atoms. The summed E-state index contributed by atoms with van der Waals surface area (Å²) < 4.78 is 25.3. The van der Waals surface area contributed by atoms with E-state index in [1.54, 1.807) is 18.2 Å². The van der Waals surface area contributed by atoms with Crippen LogP contribution in [0.2, 0.25) is 0 Å². The van der Waals surface area contributed by atoms with Crippen molar-refractivity contribution in [1.29, 1.82) is 0 Å². The summed E-state index contributed by atoms with van der Waals surface area (Å²) in [5, 5.41) is 8.69. The van der Waals surface area contributed by atoms with E-state index in [4.69, 9.17) is 0 Å². The van der Waals surface area contributed by atoms with Gasteiger partial charge < -0.3 is 4.90 Å². The molecule has 7 heteroatoms. The first-order chi connectivity index (χ1) is 12.9. The molecule has 1 heterocycles. The molecule has 0 aliphatic heterocycles. The molecule has 3 rings (SSSR count). The second-order valence-electron chi connectivity index (χ2n) is 6.23. The van der Waals surface area contributed by atoms with E-state index in [1.807, 2.05) is 36.4 Å². The van der Waals surface area contributed by atoms with Gasteiger partial charge in [-0.3, -0.25) is 4.72 Å². The number of sulfonamides is 1. The summed E-state index contributed by atoms with van der Waals surface area (Å²) in [6.45, 7) is 3.66. The highest BCUT2D eigenvalue weighted by Crippen LogP contribution is 2.23. The largest absolute Gasteiger partial charge is 0.351 e. The van der Waals surface area contributed by atoms with Crippen LogP contribution in [-0.2, 0) is 16.6 Å². The minimum Gasteiger partial charge on any atom is -0.351 e. The van der Waals surface area contributed by atoms with Crippen molar-refractivity contribution in [1.82, 2.24) is 10.2 Å². The summed E-state index contributed by atoms with van der Waals surface area (Å²) in [5.74, 6) is 0.801. The molecule has 0 unspecified atom stereocenters. The Morgan fingerprint density at radius 3 is 2.37 bits per heavy atom. The molecule has 0 bridgehead atoms. The lowest BCUT2D eigenvalue weighted by molar-refractivity contribution is 0.607. The maximum Gasteiger partial charge on any atom is 0.229 e. The highest BCUT2D eigenvalue weighted by molar-refractivity contribution is 7.92. The molecule has 1 N–H and O–H groups in total. The van der Waals surface area contributed by atoms with Gasteiger partial charge in [0.15, 0.2) is 5.82 Å². The monoisotopic (exact) mass is 382 g/mol. The molecule has 0 atom stereocenters. The van der Waals surface area contributed by atoms with Crippen molar-refractivity contribution in [3.05, 3.63) is 72.3 Å². The zero-order valence-corrected chi connectivity index (χ0v) is 16.1. The van der Waals surface area contributed by atoms with Crippen molar-refractivity contribution in [3.8, 4) is 11.3 Å². The SMILES string of the molecule is CCN(Cc1ccccc1)c1ccc(-c2cccc(NS(C)(=O)=O)c2)nn1. The fourth-order valence-corrected chi connectivity index (χ4v) is 3.32. The number of anilines is 2. The van der Waals surface area contributed by atoms with Crippen LogP contribution in [0.1, 0.15) is 12.5 Å². The molecule has 0 aliphatic carbocycles. The normalized spacial score (nSPS) is 11.2. The lowest BCUT2D eigenvalue weighted by atomic mass is 10.1. The molecule has 3 aromatic rings. The second kappa shape index (κ2) is 8.18. The Bertz CT molecular complexity index is 990. The first-order valence-corrected chi connectivity index (χ1v) is 10.5. The van der Waals surface area contributed by atoms with Gasteiger partial charge >= 0.3 is 0 Å². The lowest BCUT2D eigenvalue weighted by Gasteiger charge is -2.21. The Labute approximate surface area is 159 Å². The number of rotatable bonds is 7. The Morgan fingerprint density at radius 2 is 1.74 bits per heavy atom. The Kier molecular flexibility index (Phi) is 5.71. The van der Waals surface area contributed by atoms with Gasteiger partial charge in [-0.2, -0.15) is 0 Å². The van der Waals surface area contributed by atoms with Crippen molar-refractivity contribution in [2.24, 2.45) is 0 Å². The van der Waals surface area contributed by atoms with Crippen LogP contribution in [0.4, 0.5) is 11.5 Å². The summed E-state index contributed by atoms with van der Waals surface area (Å²) >= 11 is 0. The van der Waals surface area contributed by atoms with Crippen LogP contribution in [-0.4, -0.2) is 31.4 Å². The number of nitrogens with one attached hydrogen (secondary N) is 1. The van der Waals surface area contributed by atoms with Crippen LogP contribution >= 0.6 is 0 Å². The van der Waals surface area contributed by atoms with Gasteiger partial charge in [-0.1, -0.05) is 42.5 Å². The van der Waals surface area contributed by atoms with Gasteiger partial charge in [-0.15, -0.1) is 10.2 Å². The third kappa shape index (κ3) is 5.27. The van der Waals surface area contributed by atoms with Gasteiger partial charge in [-0.05, 0) is 36.8 Å². The number of hydrogen-bond donors (Lipinski definition) is 1. The summed E-state index contributed by atoms with van der Waals surface area (Å²) in [5.41, 5.74) is 3.20. The molecule has 6 nitrogen and oxygen atoms in total. The van der Waals surface area contributed by atoms with Gasteiger partial charge in [0.25, 0.3) is 0 Å². The average molecular weight is 382 g/mol. The minimum absolute atomic E-state index is 0.500. The fourth-order valence-electron chi connectivity index (χ4n) is 2.76. The van der Waals surface area contributed by atoms with E-state index in [9.17, 15) is 8.42 Å². The minimum atomic E-state index is -3.32. The number of benzene rings is 2. The highest BCUT2D eigenvalue weighted by Gasteiger charge is 2.09. The maximum absolute atomic E-state index is 11.4. The number of hydrogen-bond acceptors (Lipinski definition) is 5. The van der Waals surface area contributed by atoms with Gasteiger partial charge in [-0.25, -0.2) is 8.42 Å². The van der Waals surface area contributed by atoms with Gasteiger partial charge in [0, 0.05) is 24.3 Å². The fraction of sp³-hybridized carbons (Fsp3) is 0.200. The summed E-state index contributed by atoms with van der Waals surface area (Å²) in [6, 6.07) is 21.2. The van der Waals surface area contributed by atoms with E-state index in [1.165, 1.54) is 5.56 Å². The van der Waals surface area contributed by atoms with Crippen molar-refractivity contribution < 1.29 is 8.42 Å². The van der Waals surface area contributed by atoms with Crippen molar-refractivity contribution in [2.75, 3.05) is 22.4 Å². The molecule has 0 saturated carbocycles. The van der Waals surface area contributed by atoms with Crippen molar-refractivity contribution in [3.63, 3.8) is 0 Å². The molecule has 1 aromatic heterocycles. The van der Waals surface area contributed by atoms with Crippen LogP contribution in [0.15, 0.2) is 66.7 Å². The third-order valence-corrected chi connectivity index (χ3v) is 4.64. The first kappa shape index (κ1) is 18.8. The molecule has 0 amide bonds. The second-order valence-corrected chi connectivity index (χ2v) is 7.98. The predicted molar refractivity (Wildman–Crippen MR) is 109 cm³/mol. The average Bonchev–Trinajstić information content (AvgIpc) is 2.66. The van der Waals surface area contributed by atoms with Crippen LogP contribution in [0, 0.1) is 0 Å². The van der Waals surface area contributed by atoms with Gasteiger partial charge in [0.1, 0.15) is 0 Å². The zero-order chi connectivity index (χ0) is 19.3. The maximum atomic E-state index is 11.4. The standard InChI is InChI=1S/C20H22N4O2S/c1-3-24(15-16-8-5-4-6-9-16)20-13-12-19(21-22-20)17-10-7-11-18(14-17)23-27(2,25)26/h4-14,23H,3,15H2,1-2H3. The van der Waals surface area contributed by atoms with Crippen LogP contribution in [0.5, 0.6) is 0 Å². The quantitative estimate of drug-likeness (QED) is 0.676. The van der Waals surface area contributed by atoms with Gasteiger partial charge in [0.05, 0.1) is 11.9 Å². The molecule has 2 aromatic carbocycles. The van der Waals surface area contributed by atoms with Crippen molar-refractivity contribution in [2.45, 2.75) is 13.5 Å². The summed E-state index contributed by atoms with van der Waals surface area (Å²) in [4.78, 5) is 2.15. The first-order valence-electron chi connectivity index (χ1n) is 8.65. The highest BCUT2D eigenvalue weighted by atomic mass is 32.2. The molecule has 0 fully saturated rings. The van der Waals surface area contributed by atoms with E-state index in [2.05, 4.69) is 38.9 Å². The molecule has 0 aliphatic rings. The third-order valence-electron chi connectivity index (χ3n) is 4.03. The van der Waals surface area contributed by atoms with E-state index in [-0.39, 0.29) is 0 Å². The summed E-state index contributed by atoms with van der Waals surface area (Å²) in [7, 11) is -3.32. The zero-order valence-electron chi connectivity index (χ0n) is 15.3. The Balaban J connectivity index is 1.79. The molecule has 27 heavy (non-hydrogen) atoms.